The monoisotopic (exact) mass is 222 g/mol. The Bertz CT molecular complexity index is 383. The van der Waals surface area contributed by atoms with E-state index in [-0.39, 0.29) is 0 Å². The van der Waals surface area contributed by atoms with E-state index < -0.39 is 11.6 Å². The van der Waals surface area contributed by atoms with Gasteiger partial charge in [-0.1, -0.05) is 13.0 Å². The summed E-state index contributed by atoms with van der Waals surface area (Å²) in [6, 6.07) is 5.45. The van der Waals surface area contributed by atoms with Crippen LogP contribution in [0.1, 0.15) is 33.4 Å². The van der Waals surface area contributed by atoms with Crippen LogP contribution in [-0.2, 0) is 6.42 Å². The summed E-state index contributed by atoms with van der Waals surface area (Å²) in [5, 5.41) is 9.21. The molecule has 0 aliphatic heterocycles. The van der Waals surface area contributed by atoms with Crippen LogP contribution in [0.25, 0.3) is 0 Å². The van der Waals surface area contributed by atoms with Crippen LogP contribution >= 0.6 is 0 Å². The van der Waals surface area contributed by atoms with Crippen LogP contribution in [0.5, 0.6) is 0 Å². The van der Waals surface area contributed by atoms with E-state index in [1.54, 1.807) is 6.07 Å². The van der Waals surface area contributed by atoms with Crippen molar-refractivity contribution in [3.05, 3.63) is 23.9 Å². The van der Waals surface area contributed by atoms with Gasteiger partial charge in [0, 0.05) is 11.2 Å². The van der Waals surface area contributed by atoms with Gasteiger partial charge in [0.05, 0.1) is 0 Å². The van der Waals surface area contributed by atoms with Gasteiger partial charge in [0.1, 0.15) is 5.82 Å². The average molecular weight is 222 g/mol. The Morgan fingerprint density at radius 2 is 2.06 bits per heavy atom. The van der Waals surface area contributed by atoms with Gasteiger partial charge in [-0.2, -0.15) is 0 Å². The lowest BCUT2D eigenvalue weighted by Crippen LogP contribution is -2.45. The van der Waals surface area contributed by atoms with Crippen LogP contribution in [0.15, 0.2) is 18.2 Å². The summed E-state index contributed by atoms with van der Waals surface area (Å²) in [6.45, 7) is 7.54. The van der Waals surface area contributed by atoms with Crippen molar-refractivity contribution in [3.63, 3.8) is 0 Å². The highest BCUT2D eigenvalue weighted by atomic mass is 16.4. The van der Waals surface area contributed by atoms with Gasteiger partial charge in [-0.15, -0.1) is 0 Å². The van der Waals surface area contributed by atoms with E-state index in [0.29, 0.717) is 5.82 Å². The Morgan fingerprint density at radius 1 is 1.44 bits per heavy atom. The van der Waals surface area contributed by atoms with Crippen molar-refractivity contribution < 1.29 is 9.90 Å². The summed E-state index contributed by atoms with van der Waals surface area (Å²) in [6.07, 6.45) is -0.181. The first-order valence-electron chi connectivity index (χ1n) is 5.35. The zero-order valence-corrected chi connectivity index (χ0v) is 10.2. The molecular weight excluding hydrogens is 204 g/mol. The quantitative estimate of drug-likeness (QED) is 0.837. The number of amides is 1. The number of anilines is 1. The second kappa shape index (κ2) is 4.51. The SMILES string of the molecule is CCc1cccc(N(C(=O)O)C(C)(C)C)n1. The maximum absolute atomic E-state index is 11.2. The van der Waals surface area contributed by atoms with Crippen LogP contribution in [-0.4, -0.2) is 21.7 Å². The van der Waals surface area contributed by atoms with Crippen LogP contribution in [0.3, 0.4) is 0 Å². The number of pyridine rings is 1. The minimum absolute atomic E-state index is 0.486. The second-order valence-corrected chi connectivity index (χ2v) is 4.63. The molecule has 1 N–H and O–H groups in total. The first-order chi connectivity index (χ1) is 7.36. The van der Waals surface area contributed by atoms with Gasteiger partial charge in [0.25, 0.3) is 0 Å². The lowest BCUT2D eigenvalue weighted by atomic mass is 10.1. The van der Waals surface area contributed by atoms with Crippen molar-refractivity contribution in [1.29, 1.82) is 0 Å². The van der Waals surface area contributed by atoms with E-state index in [1.807, 2.05) is 39.8 Å². The molecule has 0 fully saturated rings. The number of aromatic nitrogens is 1. The highest BCUT2D eigenvalue weighted by molar-refractivity contribution is 5.86. The molecule has 0 saturated carbocycles. The summed E-state index contributed by atoms with van der Waals surface area (Å²) in [7, 11) is 0. The van der Waals surface area contributed by atoms with Crippen LogP contribution in [0, 0.1) is 0 Å². The molecule has 0 aromatic carbocycles. The average Bonchev–Trinajstić information content (AvgIpc) is 2.15. The van der Waals surface area contributed by atoms with Crippen LogP contribution < -0.4 is 4.90 Å². The van der Waals surface area contributed by atoms with Crippen LogP contribution in [0.2, 0.25) is 0 Å². The summed E-state index contributed by atoms with van der Waals surface area (Å²) in [4.78, 5) is 16.8. The van der Waals surface area contributed by atoms with Crippen molar-refractivity contribution in [3.8, 4) is 0 Å². The van der Waals surface area contributed by atoms with Crippen molar-refractivity contribution in [2.45, 2.75) is 39.7 Å². The second-order valence-electron chi connectivity index (χ2n) is 4.63. The maximum atomic E-state index is 11.2. The zero-order valence-electron chi connectivity index (χ0n) is 10.2. The molecular formula is C12H18N2O2. The number of carbonyl (C=O) groups is 1. The molecule has 4 nitrogen and oxygen atoms in total. The summed E-state index contributed by atoms with van der Waals surface area (Å²) >= 11 is 0. The van der Waals surface area contributed by atoms with E-state index in [0.717, 1.165) is 12.1 Å². The van der Waals surface area contributed by atoms with Crippen molar-refractivity contribution in [2.75, 3.05) is 4.90 Å². The van der Waals surface area contributed by atoms with E-state index in [9.17, 15) is 9.90 Å². The molecule has 1 aromatic heterocycles. The molecule has 4 heteroatoms. The van der Waals surface area contributed by atoms with Gasteiger partial charge >= 0.3 is 6.09 Å². The van der Waals surface area contributed by atoms with Crippen molar-refractivity contribution in [1.82, 2.24) is 4.98 Å². The summed E-state index contributed by atoms with van der Waals surface area (Å²) in [5.74, 6) is 0.486. The van der Waals surface area contributed by atoms with Gasteiger partial charge < -0.3 is 5.11 Å². The number of carboxylic acid groups (broad SMARTS) is 1. The number of rotatable bonds is 2. The molecule has 0 aliphatic carbocycles. The van der Waals surface area contributed by atoms with Gasteiger partial charge in [0.15, 0.2) is 0 Å². The smallest absolute Gasteiger partial charge is 0.413 e. The first kappa shape index (κ1) is 12.5. The van der Waals surface area contributed by atoms with Crippen LogP contribution in [0.4, 0.5) is 10.6 Å². The third kappa shape index (κ3) is 2.72. The van der Waals surface area contributed by atoms with Gasteiger partial charge in [-0.25, -0.2) is 9.78 Å². The van der Waals surface area contributed by atoms with Gasteiger partial charge in [0.2, 0.25) is 0 Å². The van der Waals surface area contributed by atoms with Crippen molar-refractivity contribution in [2.24, 2.45) is 0 Å². The third-order valence-electron chi connectivity index (χ3n) is 2.25. The lowest BCUT2D eigenvalue weighted by Gasteiger charge is -2.32. The molecule has 16 heavy (non-hydrogen) atoms. The highest BCUT2D eigenvalue weighted by Crippen LogP contribution is 2.22. The fourth-order valence-corrected chi connectivity index (χ4v) is 1.52. The predicted octanol–water partition coefficient (Wildman–Crippen LogP) is 2.93. The lowest BCUT2D eigenvalue weighted by molar-refractivity contribution is 0.195. The number of aryl methyl sites for hydroxylation is 1. The maximum Gasteiger partial charge on any atom is 0.413 e. The molecule has 1 heterocycles. The Hall–Kier alpha value is -1.58. The fourth-order valence-electron chi connectivity index (χ4n) is 1.52. The Kier molecular flexibility index (Phi) is 3.52. The third-order valence-corrected chi connectivity index (χ3v) is 2.25. The Morgan fingerprint density at radius 3 is 2.50 bits per heavy atom. The summed E-state index contributed by atoms with van der Waals surface area (Å²) < 4.78 is 0. The highest BCUT2D eigenvalue weighted by Gasteiger charge is 2.28. The topological polar surface area (TPSA) is 53.4 Å². The zero-order chi connectivity index (χ0) is 12.3. The Labute approximate surface area is 95.9 Å². The Balaban J connectivity index is 3.16. The first-order valence-corrected chi connectivity index (χ1v) is 5.35. The summed E-state index contributed by atoms with van der Waals surface area (Å²) in [5.41, 5.74) is 0.401. The molecule has 1 rings (SSSR count). The van der Waals surface area contributed by atoms with E-state index in [4.69, 9.17) is 0 Å². The molecule has 0 atom stereocenters. The molecule has 88 valence electrons. The normalized spacial score (nSPS) is 11.2. The van der Waals surface area contributed by atoms with E-state index in [1.165, 1.54) is 4.90 Å². The molecule has 0 radical (unpaired) electrons. The van der Waals surface area contributed by atoms with Crippen molar-refractivity contribution >= 4 is 11.9 Å². The molecule has 1 amide bonds. The molecule has 0 unspecified atom stereocenters. The fraction of sp³-hybridized carbons (Fsp3) is 0.500. The number of hydrogen-bond acceptors (Lipinski definition) is 2. The molecule has 1 aromatic rings. The standard InChI is InChI=1S/C12H18N2O2/c1-5-9-7-6-8-10(13-9)14(11(15)16)12(2,3)4/h6-8H,5H2,1-4H3,(H,15,16). The molecule has 0 spiro atoms. The predicted molar refractivity (Wildman–Crippen MR) is 63.9 cm³/mol. The van der Waals surface area contributed by atoms with E-state index in [2.05, 4.69) is 4.98 Å². The number of nitrogens with zero attached hydrogens (tertiary/aromatic N) is 2. The minimum Gasteiger partial charge on any atom is -0.465 e. The van der Waals surface area contributed by atoms with Gasteiger partial charge in [-0.3, -0.25) is 4.90 Å². The number of hydrogen-bond donors (Lipinski definition) is 1. The largest absolute Gasteiger partial charge is 0.465 e. The minimum atomic E-state index is -0.978. The molecule has 0 bridgehead atoms. The molecule has 0 aliphatic rings. The molecule has 0 saturated heterocycles. The van der Waals surface area contributed by atoms with Gasteiger partial charge in [-0.05, 0) is 39.3 Å². The van der Waals surface area contributed by atoms with E-state index >= 15 is 0 Å².